The molecule has 0 aliphatic heterocycles. The summed E-state index contributed by atoms with van der Waals surface area (Å²) >= 11 is 1.69. The van der Waals surface area contributed by atoms with Gasteiger partial charge in [-0.05, 0) is 26.8 Å². The van der Waals surface area contributed by atoms with Crippen LogP contribution < -0.4 is 0 Å². The molecule has 1 aromatic rings. The molecule has 1 aliphatic rings. The molecule has 1 saturated carbocycles. The summed E-state index contributed by atoms with van der Waals surface area (Å²) in [5, 5.41) is 13.2. The predicted octanol–water partition coefficient (Wildman–Crippen LogP) is 2.19. The van der Waals surface area contributed by atoms with Crippen molar-refractivity contribution in [3.8, 4) is 0 Å². The maximum Gasteiger partial charge on any atom is 0.0897 e. The highest BCUT2D eigenvalue weighted by Crippen LogP contribution is 2.23. The van der Waals surface area contributed by atoms with Crippen molar-refractivity contribution in [3.63, 3.8) is 0 Å². The third-order valence-corrected chi connectivity index (χ3v) is 4.16. The second-order valence-corrected chi connectivity index (χ2v) is 5.75. The third kappa shape index (κ3) is 2.81. The lowest BCUT2D eigenvalue weighted by Gasteiger charge is -2.34. The highest BCUT2D eigenvalue weighted by Gasteiger charge is 2.26. The molecule has 0 spiro atoms. The number of thiazole rings is 1. The number of rotatable bonds is 3. The van der Waals surface area contributed by atoms with Gasteiger partial charge in [0.1, 0.15) is 0 Å². The summed E-state index contributed by atoms with van der Waals surface area (Å²) in [6.07, 6.45) is 4.31. The van der Waals surface area contributed by atoms with Gasteiger partial charge < -0.3 is 5.11 Å². The average Bonchev–Trinajstić information content (AvgIpc) is 2.64. The average molecular weight is 240 g/mol. The Kier molecular flexibility index (Phi) is 3.95. The number of aromatic nitrogens is 1. The van der Waals surface area contributed by atoms with Crippen molar-refractivity contribution in [2.24, 2.45) is 0 Å². The van der Waals surface area contributed by atoms with Gasteiger partial charge in [0.25, 0.3) is 0 Å². The van der Waals surface area contributed by atoms with E-state index in [2.05, 4.69) is 22.3 Å². The number of aryl methyl sites for hydroxylation is 1. The summed E-state index contributed by atoms with van der Waals surface area (Å²) in [7, 11) is 2.09. The Balaban J connectivity index is 1.93. The Bertz CT molecular complexity index is 340. The van der Waals surface area contributed by atoms with Crippen molar-refractivity contribution < 1.29 is 5.11 Å². The van der Waals surface area contributed by atoms with Crippen molar-refractivity contribution in [1.29, 1.82) is 0 Å². The summed E-state index contributed by atoms with van der Waals surface area (Å²) in [6.45, 7) is 2.88. The van der Waals surface area contributed by atoms with Gasteiger partial charge in [0.15, 0.2) is 0 Å². The largest absolute Gasteiger partial charge is 0.391 e. The maximum absolute atomic E-state index is 9.96. The second-order valence-electron chi connectivity index (χ2n) is 4.69. The zero-order valence-electron chi connectivity index (χ0n) is 10.0. The molecule has 0 unspecified atom stereocenters. The SMILES string of the molecule is Cc1nc(CN(C)[C@H]2CCCC[C@@H]2O)cs1. The van der Waals surface area contributed by atoms with E-state index in [9.17, 15) is 5.11 Å². The Hall–Kier alpha value is -0.450. The smallest absolute Gasteiger partial charge is 0.0897 e. The molecular formula is C12H20N2OS. The van der Waals surface area contributed by atoms with Crippen LogP contribution in [0.1, 0.15) is 36.4 Å². The van der Waals surface area contributed by atoms with E-state index in [1.807, 2.05) is 6.92 Å². The first kappa shape index (κ1) is 12.0. The molecule has 90 valence electrons. The first-order chi connectivity index (χ1) is 7.66. The van der Waals surface area contributed by atoms with Crippen LogP contribution in [0.5, 0.6) is 0 Å². The van der Waals surface area contributed by atoms with E-state index in [0.29, 0.717) is 6.04 Å². The van der Waals surface area contributed by atoms with Crippen LogP contribution in [0.4, 0.5) is 0 Å². The number of hydrogen-bond acceptors (Lipinski definition) is 4. The van der Waals surface area contributed by atoms with Crippen LogP contribution in [0.3, 0.4) is 0 Å². The molecule has 1 heterocycles. The van der Waals surface area contributed by atoms with E-state index in [-0.39, 0.29) is 6.10 Å². The van der Waals surface area contributed by atoms with Crippen LogP contribution in [0.15, 0.2) is 5.38 Å². The molecule has 1 fully saturated rings. The molecule has 0 radical (unpaired) electrons. The lowest BCUT2D eigenvalue weighted by molar-refractivity contribution is 0.0284. The first-order valence-electron chi connectivity index (χ1n) is 5.96. The van der Waals surface area contributed by atoms with E-state index < -0.39 is 0 Å². The van der Waals surface area contributed by atoms with Gasteiger partial charge in [0.05, 0.1) is 16.8 Å². The van der Waals surface area contributed by atoms with E-state index in [1.54, 1.807) is 11.3 Å². The monoisotopic (exact) mass is 240 g/mol. The lowest BCUT2D eigenvalue weighted by Crippen LogP contribution is -2.42. The van der Waals surface area contributed by atoms with Crippen LogP contribution in [0, 0.1) is 6.92 Å². The van der Waals surface area contributed by atoms with Gasteiger partial charge in [-0.15, -0.1) is 11.3 Å². The minimum atomic E-state index is -0.154. The molecule has 3 nitrogen and oxygen atoms in total. The Labute approximate surface area is 101 Å². The molecule has 0 aromatic carbocycles. The number of likely N-dealkylation sites (N-methyl/N-ethyl adjacent to an activating group) is 1. The van der Waals surface area contributed by atoms with Crippen LogP contribution in [-0.4, -0.2) is 34.2 Å². The zero-order valence-corrected chi connectivity index (χ0v) is 10.8. The zero-order chi connectivity index (χ0) is 11.5. The van der Waals surface area contributed by atoms with E-state index in [4.69, 9.17) is 0 Å². The normalized spacial score (nSPS) is 26.2. The number of hydrogen-bond donors (Lipinski definition) is 1. The second kappa shape index (κ2) is 5.25. The molecule has 1 aliphatic carbocycles. The van der Waals surface area contributed by atoms with Crippen molar-refractivity contribution >= 4 is 11.3 Å². The Morgan fingerprint density at radius 3 is 2.88 bits per heavy atom. The fraction of sp³-hybridized carbons (Fsp3) is 0.750. The Morgan fingerprint density at radius 1 is 1.50 bits per heavy atom. The summed E-state index contributed by atoms with van der Waals surface area (Å²) in [5.41, 5.74) is 1.13. The van der Waals surface area contributed by atoms with Crippen LogP contribution in [0.25, 0.3) is 0 Å². The van der Waals surface area contributed by atoms with Crippen LogP contribution in [0.2, 0.25) is 0 Å². The van der Waals surface area contributed by atoms with Gasteiger partial charge in [-0.1, -0.05) is 12.8 Å². The molecule has 0 amide bonds. The van der Waals surface area contributed by atoms with E-state index in [1.165, 1.54) is 12.8 Å². The maximum atomic E-state index is 9.96. The standard InChI is InChI=1S/C12H20N2OS/c1-9-13-10(8-16-9)7-14(2)11-5-3-4-6-12(11)15/h8,11-12,15H,3-7H2,1-2H3/t11-,12-/m0/s1. The molecule has 0 bridgehead atoms. The van der Waals surface area contributed by atoms with Crippen molar-refractivity contribution in [2.75, 3.05) is 7.05 Å². The molecular weight excluding hydrogens is 220 g/mol. The summed E-state index contributed by atoms with van der Waals surface area (Å²) in [4.78, 5) is 6.71. The lowest BCUT2D eigenvalue weighted by atomic mass is 9.91. The molecule has 16 heavy (non-hydrogen) atoms. The molecule has 2 rings (SSSR count). The van der Waals surface area contributed by atoms with Gasteiger partial charge in [-0.2, -0.15) is 0 Å². The quantitative estimate of drug-likeness (QED) is 0.880. The molecule has 2 atom stereocenters. The number of aliphatic hydroxyl groups is 1. The first-order valence-corrected chi connectivity index (χ1v) is 6.84. The highest BCUT2D eigenvalue weighted by atomic mass is 32.1. The summed E-state index contributed by atoms with van der Waals surface area (Å²) in [5.74, 6) is 0. The minimum Gasteiger partial charge on any atom is -0.391 e. The fourth-order valence-corrected chi connectivity index (χ4v) is 3.06. The van der Waals surface area contributed by atoms with Crippen LogP contribution >= 0.6 is 11.3 Å². The number of aliphatic hydroxyl groups excluding tert-OH is 1. The van der Waals surface area contributed by atoms with Gasteiger partial charge >= 0.3 is 0 Å². The van der Waals surface area contributed by atoms with Gasteiger partial charge in [-0.3, -0.25) is 4.90 Å². The summed E-state index contributed by atoms with van der Waals surface area (Å²) < 4.78 is 0. The molecule has 1 N–H and O–H groups in total. The van der Waals surface area contributed by atoms with Crippen molar-refractivity contribution in [1.82, 2.24) is 9.88 Å². The molecule has 0 saturated heterocycles. The highest BCUT2D eigenvalue weighted by molar-refractivity contribution is 7.09. The summed E-state index contributed by atoms with van der Waals surface area (Å²) in [6, 6.07) is 0.316. The molecule has 1 aromatic heterocycles. The van der Waals surface area contributed by atoms with Gasteiger partial charge in [0, 0.05) is 18.0 Å². The van der Waals surface area contributed by atoms with Gasteiger partial charge in [-0.25, -0.2) is 4.98 Å². The Morgan fingerprint density at radius 2 is 2.25 bits per heavy atom. The van der Waals surface area contributed by atoms with E-state index >= 15 is 0 Å². The topological polar surface area (TPSA) is 36.4 Å². The van der Waals surface area contributed by atoms with Crippen molar-refractivity contribution in [3.05, 3.63) is 16.1 Å². The van der Waals surface area contributed by atoms with Gasteiger partial charge in [0.2, 0.25) is 0 Å². The van der Waals surface area contributed by atoms with Crippen molar-refractivity contribution in [2.45, 2.75) is 51.3 Å². The fourth-order valence-electron chi connectivity index (χ4n) is 2.46. The van der Waals surface area contributed by atoms with Crippen LogP contribution in [-0.2, 0) is 6.54 Å². The predicted molar refractivity (Wildman–Crippen MR) is 66.6 cm³/mol. The molecule has 4 heteroatoms. The third-order valence-electron chi connectivity index (χ3n) is 3.34. The number of nitrogens with zero attached hydrogens (tertiary/aromatic N) is 2. The van der Waals surface area contributed by atoms with E-state index in [0.717, 1.165) is 30.1 Å². The minimum absolute atomic E-state index is 0.154.